The molecular formula is C27H27ClN2O. The molecule has 1 atom stereocenters. The summed E-state index contributed by atoms with van der Waals surface area (Å²) < 4.78 is 0. The third-order valence-corrected chi connectivity index (χ3v) is 6.32. The van der Waals surface area contributed by atoms with Crippen molar-refractivity contribution in [2.75, 3.05) is 7.05 Å². The van der Waals surface area contributed by atoms with Crippen molar-refractivity contribution in [2.24, 2.45) is 5.18 Å². The van der Waals surface area contributed by atoms with Crippen molar-refractivity contribution in [3.05, 3.63) is 99.5 Å². The highest BCUT2D eigenvalue weighted by molar-refractivity contribution is 6.29. The molecule has 0 saturated carbocycles. The van der Waals surface area contributed by atoms with Gasteiger partial charge in [-0.05, 0) is 72.0 Å². The molecule has 0 heterocycles. The van der Waals surface area contributed by atoms with E-state index in [0.29, 0.717) is 18.7 Å². The largest absolute Gasteiger partial charge is 0.289 e. The Balaban J connectivity index is 2.15. The Kier molecular flexibility index (Phi) is 7.63. The average Bonchev–Trinajstić information content (AvgIpc) is 2.81. The Labute approximate surface area is 190 Å². The molecule has 3 rings (SSSR count). The highest BCUT2D eigenvalue weighted by Crippen LogP contribution is 2.45. The zero-order valence-electron chi connectivity index (χ0n) is 17.9. The summed E-state index contributed by atoms with van der Waals surface area (Å²) in [5, 5.41) is 3.87. The summed E-state index contributed by atoms with van der Waals surface area (Å²) >= 11 is 6.30. The van der Waals surface area contributed by atoms with Crippen molar-refractivity contribution in [3.8, 4) is 12.3 Å². The Hall–Kier alpha value is -2.93. The molecule has 0 spiro atoms. The van der Waals surface area contributed by atoms with E-state index in [2.05, 4.69) is 53.9 Å². The second kappa shape index (κ2) is 10.4. The number of rotatable bonds is 9. The van der Waals surface area contributed by atoms with Gasteiger partial charge in [0.15, 0.2) is 0 Å². The van der Waals surface area contributed by atoms with Gasteiger partial charge in [-0.1, -0.05) is 66.7 Å². The van der Waals surface area contributed by atoms with Gasteiger partial charge in [-0.25, -0.2) is 0 Å². The van der Waals surface area contributed by atoms with Gasteiger partial charge >= 0.3 is 0 Å². The second-order valence-electron chi connectivity index (χ2n) is 7.78. The molecule has 4 heteroatoms. The van der Waals surface area contributed by atoms with Crippen molar-refractivity contribution in [2.45, 2.75) is 37.8 Å². The van der Waals surface area contributed by atoms with E-state index < -0.39 is 5.54 Å². The topological polar surface area (TPSA) is 32.7 Å². The van der Waals surface area contributed by atoms with Crippen LogP contribution < -0.4 is 0 Å². The highest BCUT2D eigenvalue weighted by atomic mass is 35.5. The fourth-order valence-electron chi connectivity index (χ4n) is 4.44. The van der Waals surface area contributed by atoms with Crippen LogP contribution in [0.1, 0.15) is 42.4 Å². The van der Waals surface area contributed by atoms with Crippen LogP contribution in [0.25, 0.3) is 6.08 Å². The molecule has 0 N–H and O–H groups in total. The minimum absolute atomic E-state index is 0.410. The monoisotopic (exact) mass is 430 g/mol. The van der Waals surface area contributed by atoms with Crippen LogP contribution in [0.4, 0.5) is 5.69 Å². The van der Waals surface area contributed by atoms with Crippen molar-refractivity contribution >= 4 is 23.4 Å². The summed E-state index contributed by atoms with van der Waals surface area (Å²) in [5.41, 5.74) is 4.68. The van der Waals surface area contributed by atoms with E-state index in [1.54, 1.807) is 12.1 Å². The summed E-state index contributed by atoms with van der Waals surface area (Å²) in [6.07, 6.45) is 14.9. The molecule has 2 aromatic rings. The van der Waals surface area contributed by atoms with Gasteiger partial charge in [-0.3, -0.25) is 4.90 Å². The molecule has 31 heavy (non-hydrogen) atoms. The van der Waals surface area contributed by atoms with Crippen LogP contribution in [0, 0.1) is 17.3 Å². The highest BCUT2D eigenvalue weighted by Gasteiger charge is 2.41. The van der Waals surface area contributed by atoms with Crippen LogP contribution in [0.5, 0.6) is 0 Å². The lowest BCUT2D eigenvalue weighted by atomic mass is 9.73. The number of halogens is 1. The third kappa shape index (κ3) is 4.88. The van der Waals surface area contributed by atoms with Crippen molar-refractivity contribution in [1.82, 2.24) is 4.90 Å². The Morgan fingerprint density at radius 2 is 1.94 bits per heavy atom. The van der Waals surface area contributed by atoms with E-state index in [1.807, 2.05) is 30.4 Å². The van der Waals surface area contributed by atoms with Crippen LogP contribution in [0.2, 0.25) is 0 Å². The number of terminal acetylenes is 1. The lowest BCUT2D eigenvalue weighted by molar-refractivity contribution is 0.132. The summed E-state index contributed by atoms with van der Waals surface area (Å²) in [4.78, 5) is 13.1. The Bertz CT molecular complexity index is 1050. The predicted molar refractivity (Wildman–Crippen MR) is 131 cm³/mol. The third-order valence-electron chi connectivity index (χ3n) is 6.00. The van der Waals surface area contributed by atoms with E-state index in [9.17, 15) is 4.91 Å². The van der Waals surface area contributed by atoms with Gasteiger partial charge < -0.3 is 0 Å². The molecule has 2 aromatic carbocycles. The zero-order valence-corrected chi connectivity index (χ0v) is 18.6. The number of hydrogen-bond donors (Lipinski definition) is 0. The van der Waals surface area contributed by atoms with Crippen molar-refractivity contribution in [1.29, 1.82) is 0 Å². The summed E-state index contributed by atoms with van der Waals surface area (Å²) in [5.74, 6) is 2.84. The summed E-state index contributed by atoms with van der Waals surface area (Å²) in [7, 11) is 2.13. The SMILES string of the molecule is C#CCCC(C1=CC=C(Cl)CC1)(c1ccccc1C=C)N(C)Cc1ccc(N=O)cc1. The number of hydrogen-bond acceptors (Lipinski definition) is 3. The minimum Gasteiger partial charge on any atom is -0.289 e. The molecule has 0 aliphatic heterocycles. The fraction of sp³-hybridized carbons (Fsp3) is 0.259. The summed E-state index contributed by atoms with van der Waals surface area (Å²) in [6.45, 7) is 4.74. The van der Waals surface area contributed by atoms with Crippen LogP contribution in [0.3, 0.4) is 0 Å². The van der Waals surface area contributed by atoms with Gasteiger partial charge in [0.25, 0.3) is 0 Å². The first-order valence-corrected chi connectivity index (χ1v) is 10.8. The van der Waals surface area contributed by atoms with Crippen LogP contribution in [-0.4, -0.2) is 11.9 Å². The van der Waals surface area contributed by atoms with E-state index >= 15 is 0 Å². The first kappa shape index (κ1) is 22.7. The van der Waals surface area contributed by atoms with Crippen LogP contribution >= 0.6 is 11.6 Å². The molecule has 0 amide bonds. The molecule has 1 aliphatic carbocycles. The molecule has 3 nitrogen and oxygen atoms in total. The number of nitroso groups, excluding NO2 is 1. The number of nitrogens with zero attached hydrogens (tertiary/aromatic N) is 2. The lowest BCUT2D eigenvalue weighted by Gasteiger charge is -2.46. The van der Waals surface area contributed by atoms with Gasteiger partial charge in [-0.15, -0.1) is 17.3 Å². The molecule has 0 fully saturated rings. The molecule has 0 aromatic heterocycles. The number of likely N-dealkylation sites (N-methyl/N-ethyl adjacent to an activating group) is 1. The van der Waals surface area contributed by atoms with E-state index in [1.165, 1.54) is 11.1 Å². The molecule has 1 aliphatic rings. The Morgan fingerprint density at radius 3 is 2.55 bits per heavy atom. The predicted octanol–water partition coefficient (Wildman–Crippen LogP) is 7.31. The van der Waals surface area contributed by atoms with Gasteiger partial charge in [-0.2, -0.15) is 0 Å². The van der Waals surface area contributed by atoms with Crippen molar-refractivity contribution < 1.29 is 0 Å². The van der Waals surface area contributed by atoms with Gasteiger partial charge in [0.05, 0.1) is 5.54 Å². The smallest absolute Gasteiger partial charge is 0.108 e. The maximum atomic E-state index is 10.8. The lowest BCUT2D eigenvalue weighted by Crippen LogP contribution is -2.46. The molecule has 1 unspecified atom stereocenters. The minimum atomic E-state index is -0.410. The molecule has 158 valence electrons. The van der Waals surface area contributed by atoms with E-state index in [-0.39, 0.29) is 0 Å². The first-order chi connectivity index (χ1) is 15.0. The van der Waals surface area contributed by atoms with E-state index in [0.717, 1.165) is 35.4 Å². The quantitative estimate of drug-likeness (QED) is 0.308. The fourth-order valence-corrected chi connectivity index (χ4v) is 4.60. The molecule has 0 bridgehead atoms. The maximum Gasteiger partial charge on any atom is 0.108 e. The first-order valence-electron chi connectivity index (χ1n) is 10.4. The second-order valence-corrected chi connectivity index (χ2v) is 8.26. The Morgan fingerprint density at radius 1 is 1.19 bits per heavy atom. The number of allylic oxidation sites excluding steroid dienone is 3. The molecule has 0 saturated heterocycles. The van der Waals surface area contributed by atoms with Crippen molar-refractivity contribution in [3.63, 3.8) is 0 Å². The van der Waals surface area contributed by atoms with Gasteiger partial charge in [0.2, 0.25) is 0 Å². The molecular weight excluding hydrogens is 404 g/mol. The number of benzene rings is 2. The molecule has 0 radical (unpaired) electrons. The normalized spacial score (nSPS) is 15.4. The zero-order chi connectivity index (χ0) is 22.3. The van der Waals surface area contributed by atoms with Gasteiger partial charge in [0.1, 0.15) is 5.69 Å². The average molecular weight is 431 g/mol. The standard InChI is InChI=1S/C27H27ClN2O/c1-4-6-19-27(23-13-15-24(28)16-14-23,26-10-8-7-9-22(26)5-2)30(3)20-21-11-17-25(29-31)18-12-21/h1,5,7-13,15,17-18H,2,6,14,16,19-20H2,3H3. The van der Waals surface area contributed by atoms with Crippen LogP contribution in [-0.2, 0) is 12.1 Å². The maximum absolute atomic E-state index is 10.8. The van der Waals surface area contributed by atoms with E-state index in [4.69, 9.17) is 18.0 Å². The summed E-state index contributed by atoms with van der Waals surface area (Å²) in [6, 6.07) is 15.8. The van der Waals surface area contributed by atoms with Crippen LogP contribution in [0.15, 0.2) is 83.0 Å². The van der Waals surface area contributed by atoms with Gasteiger partial charge in [0, 0.05) is 18.0 Å².